The number of benzene rings is 1. The minimum atomic E-state index is -0.478. The summed E-state index contributed by atoms with van der Waals surface area (Å²) in [6.07, 6.45) is 0.605. The minimum Gasteiger partial charge on any atom is -0.396 e. The topological polar surface area (TPSA) is 49.3 Å². The van der Waals surface area contributed by atoms with Gasteiger partial charge in [-0.3, -0.25) is 4.79 Å². The van der Waals surface area contributed by atoms with Crippen LogP contribution < -0.4 is 5.32 Å². The molecule has 1 rings (SSSR count). The number of halogens is 1. The lowest BCUT2D eigenvalue weighted by atomic mass is 9.96. The van der Waals surface area contributed by atoms with Gasteiger partial charge in [0.05, 0.1) is 5.56 Å². The van der Waals surface area contributed by atoms with Gasteiger partial charge in [-0.15, -0.1) is 0 Å². The first-order valence-electron chi connectivity index (χ1n) is 6.52. The summed E-state index contributed by atoms with van der Waals surface area (Å²) >= 11 is 0. The Labute approximate surface area is 113 Å². The Morgan fingerprint density at radius 2 is 2.05 bits per heavy atom. The van der Waals surface area contributed by atoms with Crippen LogP contribution in [0.1, 0.15) is 37.6 Å². The second-order valence-corrected chi connectivity index (χ2v) is 5.48. The van der Waals surface area contributed by atoms with Crippen LogP contribution in [-0.4, -0.2) is 29.6 Å². The average Bonchev–Trinajstić information content (AvgIpc) is 2.36. The van der Waals surface area contributed by atoms with Crippen LogP contribution in [0.15, 0.2) is 24.3 Å². The number of Topliss-reactive ketones (excluding diaryl/α,β-unsaturated/α-hetero) is 1. The van der Waals surface area contributed by atoms with E-state index in [1.807, 2.05) is 13.8 Å². The molecule has 0 heterocycles. The van der Waals surface area contributed by atoms with E-state index in [4.69, 9.17) is 5.11 Å². The van der Waals surface area contributed by atoms with Crippen molar-refractivity contribution in [1.29, 1.82) is 0 Å². The number of nitrogens with one attached hydrogen (secondary N) is 1. The first kappa shape index (κ1) is 15.8. The summed E-state index contributed by atoms with van der Waals surface area (Å²) in [5.74, 6) is -0.991. The van der Waals surface area contributed by atoms with Gasteiger partial charge in [-0.25, -0.2) is 4.39 Å². The molecule has 0 aliphatic rings. The molecule has 0 saturated carbocycles. The van der Waals surface area contributed by atoms with Crippen LogP contribution in [0.5, 0.6) is 0 Å². The Morgan fingerprint density at radius 1 is 1.42 bits per heavy atom. The van der Waals surface area contributed by atoms with Crippen LogP contribution >= 0.6 is 0 Å². The predicted molar refractivity (Wildman–Crippen MR) is 73.7 cm³/mol. The van der Waals surface area contributed by atoms with Gasteiger partial charge in [0.15, 0.2) is 5.78 Å². The van der Waals surface area contributed by atoms with Gasteiger partial charge in [0.2, 0.25) is 0 Å². The lowest BCUT2D eigenvalue weighted by Crippen LogP contribution is -2.43. The van der Waals surface area contributed by atoms with Gasteiger partial charge in [-0.05, 0) is 32.4 Å². The highest BCUT2D eigenvalue weighted by Crippen LogP contribution is 2.14. The quantitative estimate of drug-likeness (QED) is 0.746. The van der Waals surface area contributed by atoms with E-state index in [1.165, 1.54) is 12.1 Å². The third kappa shape index (κ3) is 4.73. The molecular weight excluding hydrogens is 245 g/mol. The van der Waals surface area contributed by atoms with Gasteiger partial charge in [0, 0.05) is 24.6 Å². The van der Waals surface area contributed by atoms with Crippen LogP contribution in [0.25, 0.3) is 0 Å². The van der Waals surface area contributed by atoms with Crippen LogP contribution in [0, 0.1) is 11.7 Å². The number of carbonyl (C=O) groups excluding carboxylic acids is 1. The van der Waals surface area contributed by atoms with E-state index in [0.29, 0.717) is 13.0 Å². The second-order valence-electron chi connectivity index (χ2n) is 5.48. The fraction of sp³-hybridized carbons (Fsp3) is 0.533. The first-order chi connectivity index (χ1) is 8.87. The van der Waals surface area contributed by atoms with E-state index < -0.39 is 5.82 Å². The molecule has 106 valence electrons. The highest BCUT2D eigenvalue weighted by atomic mass is 19.1. The Kier molecular flexibility index (Phi) is 5.63. The summed E-state index contributed by atoms with van der Waals surface area (Å²) in [7, 11) is 0. The fourth-order valence-corrected chi connectivity index (χ4v) is 1.82. The van der Waals surface area contributed by atoms with Gasteiger partial charge < -0.3 is 10.4 Å². The van der Waals surface area contributed by atoms with E-state index in [0.717, 1.165) is 0 Å². The molecule has 0 spiro atoms. The van der Waals surface area contributed by atoms with Crippen LogP contribution in [0.3, 0.4) is 0 Å². The second kappa shape index (κ2) is 6.78. The summed E-state index contributed by atoms with van der Waals surface area (Å²) in [5.41, 5.74) is -0.102. The molecule has 1 aromatic rings. The van der Waals surface area contributed by atoms with Gasteiger partial charge in [-0.2, -0.15) is 0 Å². The normalized spacial score (nSPS) is 13.3. The SMILES string of the molecule is CC(CNC(C)(C)CCO)C(=O)c1ccccc1F. The molecular formula is C15H22FNO2. The smallest absolute Gasteiger partial charge is 0.169 e. The summed E-state index contributed by atoms with van der Waals surface area (Å²) in [6, 6.07) is 6.03. The van der Waals surface area contributed by atoms with Crippen LogP contribution in [0.4, 0.5) is 4.39 Å². The van der Waals surface area contributed by atoms with E-state index in [2.05, 4.69) is 5.32 Å². The zero-order valence-corrected chi connectivity index (χ0v) is 11.7. The van der Waals surface area contributed by atoms with Gasteiger partial charge in [0.25, 0.3) is 0 Å². The molecule has 19 heavy (non-hydrogen) atoms. The van der Waals surface area contributed by atoms with Crippen molar-refractivity contribution in [2.24, 2.45) is 5.92 Å². The number of carbonyl (C=O) groups is 1. The van der Waals surface area contributed by atoms with E-state index in [1.54, 1.807) is 19.1 Å². The summed E-state index contributed by atoms with van der Waals surface area (Å²) in [4.78, 5) is 12.1. The molecule has 0 aromatic heterocycles. The van der Waals surface area contributed by atoms with Gasteiger partial charge >= 0.3 is 0 Å². The van der Waals surface area contributed by atoms with Gasteiger partial charge in [0.1, 0.15) is 5.82 Å². The van der Waals surface area contributed by atoms with Crippen molar-refractivity contribution in [1.82, 2.24) is 5.32 Å². The molecule has 3 nitrogen and oxygen atoms in total. The molecule has 4 heteroatoms. The molecule has 1 atom stereocenters. The summed E-state index contributed by atoms with van der Waals surface area (Å²) < 4.78 is 13.5. The molecule has 1 unspecified atom stereocenters. The first-order valence-corrected chi connectivity index (χ1v) is 6.52. The maximum atomic E-state index is 13.5. The lowest BCUT2D eigenvalue weighted by Gasteiger charge is -2.27. The number of aliphatic hydroxyl groups excluding tert-OH is 1. The Bertz CT molecular complexity index is 432. The molecule has 0 radical (unpaired) electrons. The van der Waals surface area contributed by atoms with Crippen molar-refractivity contribution in [3.63, 3.8) is 0 Å². The van der Waals surface area contributed by atoms with Crippen molar-refractivity contribution in [2.45, 2.75) is 32.7 Å². The van der Waals surface area contributed by atoms with E-state index >= 15 is 0 Å². The standard InChI is InChI=1S/C15H22FNO2/c1-11(10-17-15(2,3)8-9-18)14(19)12-6-4-5-7-13(12)16/h4-7,11,17-18H,8-10H2,1-3H3. The van der Waals surface area contributed by atoms with Crippen molar-refractivity contribution < 1.29 is 14.3 Å². The lowest BCUT2D eigenvalue weighted by molar-refractivity contribution is 0.0918. The molecule has 0 aliphatic carbocycles. The molecule has 0 fully saturated rings. The number of aliphatic hydroxyl groups is 1. The number of ketones is 1. The van der Waals surface area contributed by atoms with Crippen LogP contribution in [0.2, 0.25) is 0 Å². The van der Waals surface area contributed by atoms with Crippen molar-refractivity contribution >= 4 is 5.78 Å². The highest BCUT2D eigenvalue weighted by molar-refractivity contribution is 5.98. The van der Waals surface area contributed by atoms with Crippen molar-refractivity contribution in [3.05, 3.63) is 35.6 Å². The van der Waals surface area contributed by atoms with E-state index in [-0.39, 0.29) is 29.4 Å². The third-order valence-corrected chi connectivity index (χ3v) is 3.21. The highest BCUT2D eigenvalue weighted by Gasteiger charge is 2.22. The predicted octanol–water partition coefficient (Wildman–Crippen LogP) is 2.40. The zero-order valence-electron chi connectivity index (χ0n) is 11.7. The summed E-state index contributed by atoms with van der Waals surface area (Å²) in [5, 5.41) is 12.2. The molecule has 0 aliphatic heterocycles. The Balaban J connectivity index is 2.62. The molecule has 2 N–H and O–H groups in total. The van der Waals surface area contributed by atoms with Crippen molar-refractivity contribution in [3.8, 4) is 0 Å². The monoisotopic (exact) mass is 267 g/mol. The van der Waals surface area contributed by atoms with Crippen LogP contribution in [-0.2, 0) is 0 Å². The van der Waals surface area contributed by atoms with Gasteiger partial charge in [-0.1, -0.05) is 19.1 Å². The minimum absolute atomic E-state index is 0.0929. The fourth-order valence-electron chi connectivity index (χ4n) is 1.82. The third-order valence-electron chi connectivity index (χ3n) is 3.21. The Morgan fingerprint density at radius 3 is 2.63 bits per heavy atom. The zero-order chi connectivity index (χ0) is 14.5. The van der Waals surface area contributed by atoms with E-state index in [9.17, 15) is 9.18 Å². The Hall–Kier alpha value is -1.26. The average molecular weight is 267 g/mol. The molecule has 0 bridgehead atoms. The summed E-state index contributed by atoms with van der Waals surface area (Å²) in [6.45, 7) is 6.25. The number of rotatable bonds is 7. The largest absolute Gasteiger partial charge is 0.396 e. The molecule has 0 saturated heterocycles. The maximum Gasteiger partial charge on any atom is 0.169 e. The van der Waals surface area contributed by atoms with Crippen molar-refractivity contribution in [2.75, 3.05) is 13.2 Å². The molecule has 1 aromatic carbocycles. The maximum absolute atomic E-state index is 13.5. The number of hydrogen-bond acceptors (Lipinski definition) is 3. The molecule has 0 amide bonds. The number of hydrogen-bond donors (Lipinski definition) is 2.